The molecule has 1 saturated heterocycles. The van der Waals surface area contributed by atoms with Crippen molar-refractivity contribution in [2.24, 2.45) is 0 Å². The van der Waals surface area contributed by atoms with Crippen LogP contribution in [0.3, 0.4) is 0 Å². The first-order valence-electron chi connectivity index (χ1n) is 12.3. The Morgan fingerprint density at radius 1 is 0.824 bits per heavy atom. The molecular weight excluding hydrogens is 422 g/mol. The highest BCUT2D eigenvalue weighted by Gasteiger charge is 2.32. The molecule has 3 aromatic carbocycles. The topological polar surface area (TPSA) is 30.9 Å². The first-order chi connectivity index (χ1) is 16.8. The van der Waals surface area contributed by atoms with Gasteiger partial charge in [-0.2, -0.15) is 0 Å². The van der Waals surface area contributed by atoms with Crippen molar-refractivity contribution in [1.82, 2.24) is 4.90 Å². The van der Waals surface area contributed by atoms with Gasteiger partial charge in [0.25, 0.3) is 0 Å². The zero-order chi connectivity index (χ0) is 23.3. The molecule has 0 bridgehead atoms. The van der Waals surface area contributed by atoms with E-state index >= 15 is 0 Å². The zero-order valence-corrected chi connectivity index (χ0v) is 20.1. The fraction of sp³-hybridized carbons (Fsp3) is 0.333. The van der Waals surface area contributed by atoms with E-state index in [-0.39, 0.29) is 5.92 Å². The standard InChI is InChI=1S/C30H33NO3/c1-32-28-16-15-23(20-29(28)33-2)30-26(21-31-17-9-4-10-18-31)25(19-22-11-5-3-6-12-22)24-13-7-8-14-27(24)34-30/h3,5-8,11-16,20,25H,4,9-10,17-19,21H2,1-2H3/t25-/m1/s1. The van der Waals surface area contributed by atoms with E-state index < -0.39 is 0 Å². The van der Waals surface area contributed by atoms with E-state index in [4.69, 9.17) is 14.2 Å². The average molecular weight is 456 g/mol. The summed E-state index contributed by atoms with van der Waals surface area (Å²) in [6.45, 7) is 3.19. The fourth-order valence-electron chi connectivity index (χ4n) is 5.23. The molecule has 0 aromatic heterocycles. The lowest BCUT2D eigenvalue weighted by Gasteiger charge is -2.35. The maximum atomic E-state index is 6.67. The number of fused-ring (bicyclic) bond motifs is 1. The number of hydrogen-bond acceptors (Lipinski definition) is 4. The molecule has 0 spiro atoms. The number of benzene rings is 3. The van der Waals surface area contributed by atoms with E-state index in [0.717, 1.165) is 48.9 Å². The third-order valence-corrected chi connectivity index (χ3v) is 6.99. The number of piperidine rings is 1. The van der Waals surface area contributed by atoms with Crippen LogP contribution in [0.4, 0.5) is 0 Å². The number of likely N-dealkylation sites (tertiary alicyclic amines) is 1. The monoisotopic (exact) mass is 455 g/mol. The Balaban J connectivity index is 1.63. The molecule has 1 fully saturated rings. The lowest BCUT2D eigenvalue weighted by atomic mass is 9.81. The molecule has 0 amide bonds. The van der Waals surface area contributed by atoms with Crippen LogP contribution < -0.4 is 14.2 Å². The van der Waals surface area contributed by atoms with Crippen LogP contribution in [-0.4, -0.2) is 38.8 Å². The molecule has 0 radical (unpaired) electrons. The predicted molar refractivity (Wildman–Crippen MR) is 137 cm³/mol. The lowest BCUT2D eigenvalue weighted by molar-refractivity contribution is 0.240. The molecule has 2 aliphatic heterocycles. The summed E-state index contributed by atoms with van der Waals surface area (Å²) in [5, 5.41) is 0. The van der Waals surface area contributed by atoms with E-state index in [1.807, 2.05) is 12.1 Å². The molecule has 176 valence electrons. The number of nitrogens with zero attached hydrogens (tertiary/aromatic N) is 1. The summed E-state index contributed by atoms with van der Waals surface area (Å²) in [6.07, 6.45) is 4.80. The van der Waals surface area contributed by atoms with Crippen LogP contribution in [0, 0.1) is 0 Å². The average Bonchev–Trinajstić information content (AvgIpc) is 2.90. The minimum absolute atomic E-state index is 0.248. The number of rotatable bonds is 7. The molecule has 0 N–H and O–H groups in total. The Morgan fingerprint density at radius 3 is 2.32 bits per heavy atom. The van der Waals surface area contributed by atoms with Gasteiger partial charge in [0.05, 0.1) is 14.2 Å². The Bertz CT molecular complexity index is 1150. The molecule has 2 aliphatic rings. The van der Waals surface area contributed by atoms with Crippen LogP contribution in [0.2, 0.25) is 0 Å². The second kappa shape index (κ2) is 10.4. The third-order valence-electron chi connectivity index (χ3n) is 6.99. The number of ether oxygens (including phenoxy) is 3. The van der Waals surface area contributed by atoms with Gasteiger partial charge in [-0.25, -0.2) is 0 Å². The smallest absolute Gasteiger partial charge is 0.161 e. The Kier molecular flexibility index (Phi) is 6.87. The Hall–Kier alpha value is -3.24. The first-order valence-corrected chi connectivity index (χ1v) is 12.3. The summed E-state index contributed by atoms with van der Waals surface area (Å²) >= 11 is 0. The van der Waals surface area contributed by atoms with E-state index in [2.05, 4.69) is 65.6 Å². The van der Waals surface area contributed by atoms with Crippen molar-refractivity contribution in [3.05, 3.63) is 95.1 Å². The van der Waals surface area contributed by atoms with Crippen molar-refractivity contribution >= 4 is 5.76 Å². The molecule has 1 atom stereocenters. The minimum atomic E-state index is 0.248. The van der Waals surface area contributed by atoms with E-state index in [9.17, 15) is 0 Å². The highest BCUT2D eigenvalue weighted by atomic mass is 16.5. The summed E-state index contributed by atoms with van der Waals surface area (Å²) in [5.41, 5.74) is 4.98. The largest absolute Gasteiger partial charge is 0.493 e. The highest BCUT2D eigenvalue weighted by molar-refractivity contribution is 5.72. The second-order valence-corrected chi connectivity index (χ2v) is 9.14. The Morgan fingerprint density at radius 2 is 1.56 bits per heavy atom. The van der Waals surface area contributed by atoms with Crippen LogP contribution in [0.15, 0.2) is 78.4 Å². The van der Waals surface area contributed by atoms with E-state index in [0.29, 0.717) is 5.75 Å². The van der Waals surface area contributed by atoms with E-state index in [1.54, 1.807) is 14.2 Å². The SMILES string of the molecule is COc1ccc(C2=C(CN3CCCCC3)[C@H](Cc3ccccc3)c3ccccc3O2)cc1OC. The lowest BCUT2D eigenvalue weighted by Crippen LogP contribution is -2.34. The van der Waals surface area contributed by atoms with Gasteiger partial charge in [-0.3, -0.25) is 4.90 Å². The maximum Gasteiger partial charge on any atom is 0.161 e. The van der Waals surface area contributed by atoms with Crippen LogP contribution >= 0.6 is 0 Å². The van der Waals surface area contributed by atoms with Gasteiger partial charge in [0, 0.05) is 23.6 Å². The normalized spacial score (nSPS) is 18.2. The summed E-state index contributed by atoms with van der Waals surface area (Å²) in [6, 6.07) is 25.4. The minimum Gasteiger partial charge on any atom is -0.493 e. The maximum absolute atomic E-state index is 6.67. The van der Waals surface area contributed by atoms with Crippen molar-refractivity contribution in [3.8, 4) is 17.2 Å². The van der Waals surface area contributed by atoms with Gasteiger partial charge < -0.3 is 14.2 Å². The number of methoxy groups -OCH3 is 2. The summed E-state index contributed by atoms with van der Waals surface area (Å²) in [5.74, 6) is 3.58. The van der Waals surface area contributed by atoms with Gasteiger partial charge >= 0.3 is 0 Å². The van der Waals surface area contributed by atoms with Crippen LogP contribution in [0.5, 0.6) is 17.2 Å². The number of para-hydroxylation sites is 1. The molecule has 4 nitrogen and oxygen atoms in total. The Labute approximate surface area is 202 Å². The van der Waals surface area contributed by atoms with Crippen molar-refractivity contribution in [3.63, 3.8) is 0 Å². The van der Waals surface area contributed by atoms with Gasteiger partial charge in [0.2, 0.25) is 0 Å². The number of hydrogen-bond donors (Lipinski definition) is 0. The first kappa shape index (κ1) is 22.5. The van der Waals surface area contributed by atoms with Crippen molar-refractivity contribution in [2.45, 2.75) is 31.6 Å². The summed E-state index contributed by atoms with van der Waals surface area (Å²) in [4.78, 5) is 2.59. The quantitative estimate of drug-likeness (QED) is 0.417. The molecule has 0 aliphatic carbocycles. The third kappa shape index (κ3) is 4.69. The van der Waals surface area contributed by atoms with E-state index in [1.165, 1.54) is 36.0 Å². The molecule has 4 heteroatoms. The molecule has 5 rings (SSSR count). The van der Waals surface area contributed by atoms with Crippen LogP contribution in [0.1, 0.15) is 41.9 Å². The van der Waals surface area contributed by atoms with Crippen molar-refractivity contribution < 1.29 is 14.2 Å². The van der Waals surface area contributed by atoms with Crippen molar-refractivity contribution in [2.75, 3.05) is 33.9 Å². The summed E-state index contributed by atoms with van der Waals surface area (Å²) in [7, 11) is 3.35. The van der Waals surface area contributed by atoms with Crippen LogP contribution in [-0.2, 0) is 6.42 Å². The predicted octanol–water partition coefficient (Wildman–Crippen LogP) is 6.32. The molecule has 0 saturated carbocycles. The highest BCUT2D eigenvalue weighted by Crippen LogP contribution is 2.45. The zero-order valence-electron chi connectivity index (χ0n) is 20.1. The van der Waals surface area contributed by atoms with Gasteiger partial charge in [-0.1, -0.05) is 55.0 Å². The molecule has 2 heterocycles. The van der Waals surface area contributed by atoms with Gasteiger partial charge in [0.15, 0.2) is 11.5 Å². The summed E-state index contributed by atoms with van der Waals surface area (Å²) < 4.78 is 17.8. The molecule has 3 aromatic rings. The molecule has 34 heavy (non-hydrogen) atoms. The fourth-order valence-corrected chi connectivity index (χ4v) is 5.23. The molecule has 0 unspecified atom stereocenters. The van der Waals surface area contributed by atoms with Crippen LogP contribution in [0.25, 0.3) is 5.76 Å². The van der Waals surface area contributed by atoms with Gasteiger partial charge in [-0.05, 0) is 67.8 Å². The van der Waals surface area contributed by atoms with Gasteiger partial charge in [0.1, 0.15) is 11.5 Å². The van der Waals surface area contributed by atoms with Gasteiger partial charge in [-0.15, -0.1) is 0 Å². The van der Waals surface area contributed by atoms with Crippen molar-refractivity contribution in [1.29, 1.82) is 0 Å². The molecular formula is C30H33NO3. The second-order valence-electron chi connectivity index (χ2n) is 9.14.